The van der Waals surface area contributed by atoms with Crippen molar-refractivity contribution in [3.63, 3.8) is 0 Å². The smallest absolute Gasteiger partial charge is 0.160 e. The Balaban J connectivity index is 1.64. The molecular weight excluding hydrogens is 396 g/mol. The molecule has 3 aromatic rings. The lowest BCUT2D eigenvalue weighted by molar-refractivity contribution is 0.354. The van der Waals surface area contributed by atoms with Crippen molar-refractivity contribution in [2.24, 2.45) is 0 Å². The molecule has 0 spiro atoms. The van der Waals surface area contributed by atoms with Gasteiger partial charge in [0, 0.05) is 16.5 Å². The van der Waals surface area contributed by atoms with Crippen molar-refractivity contribution in [3.8, 4) is 11.5 Å². The Morgan fingerprint density at radius 3 is 2.50 bits per heavy atom. The van der Waals surface area contributed by atoms with Gasteiger partial charge >= 0.3 is 0 Å². The van der Waals surface area contributed by atoms with E-state index >= 15 is 0 Å². The minimum Gasteiger partial charge on any atom is -0.493 e. The monoisotopic (exact) mass is 416 g/mol. The number of aromatic nitrogens is 2. The lowest BCUT2D eigenvalue weighted by Crippen LogP contribution is -2.10. The second-order valence-electron chi connectivity index (χ2n) is 5.86. The van der Waals surface area contributed by atoms with Gasteiger partial charge in [-0.1, -0.05) is 29.4 Å². The van der Waals surface area contributed by atoms with Gasteiger partial charge < -0.3 is 20.5 Å². The highest BCUT2D eigenvalue weighted by atomic mass is 35.5. The quantitative estimate of drug-likeness (QED) is 0.522. The molecular formula is C20H21ClN4O2S. The zero-order valence-corrected chi connectivity index (χ0v) is 17.2. The second-order valence-corrected chi connectivity index (χ2v) is 7.36. The standard InChI is InChI=1S/C20H21ClN4O2S/c1-26-16-8-3-13(11-17(16)27-2)9-10-23-19-18(22)20(25-12-24-19)28-15-6-4-14(21)5-7-15/h3-8,11-12H,9-10,22H2,1-2H3,(H,23,24,25). The number of anilines is 2. The van der Waals surface area contributed by atoms with Gasteiger partial charge in [-0.3, -0.25) is 0 Å². The maximum absolute atomic E-state index is 6.25. The number of nitrogens with one attached hydrogen (secondary N) is 1. The number of nitrogens with two attached hydrogens (primary N) is 1. The van der Waals surface area contributed by atoms with Crippen molar-refractivity contribution in [2.45, 2.75) is 16.3 Å². The van der Waals surface area contributed by atoms with E-state index < -0.39 is 0 Å². The summed E-state index contributed by atoms with van der Waals surface area (Å²) < 4.78 is 10.6. The van der Waals surface area contributed by atoms with E-state index in [2.05, 4.69) is 15.3 Å². The summed E-state index contributed by atoms with van der Waals surface area (Å²) in [5.74, 6) is 2.04. The fourth-order valence-electron chi connectivity index (χ4n) is 2.58. The Kier molecular flexibility index (Phi) is 6.84. The first-order chi connectivity index (χ1) is 13.6. The van der Waals surface area contributed by atoms with Crippen molar-refractivity contribution in [1.29, 1.82) is 0 Å². The van der Waals surface area contributed by atoms with Gasteiger partial charge in [0.15, 0.2) is 17.3 Å². The van der Waals surface area contributed by atoms with Gasteiger partial charge in [-0.15, -0.1) is 0 Å². The highest BCUT2D eigenvalue weighted by Gasteiger charge is 2.10. The highest BCUT2D eigenvalue weighted by molar-refractivity contribution is 7.99. The van der Waals surface area contributed by atoms with Crippen molar-refractivity contribution < 1.29 is 9.47 Å². The molecule has 0 bridgehead atoms. The van der Waals surface area contributed by atoms with E-state index in [-0.39, 0.29) is 0 Å². The fraction of sp³-hybridized carbons (Fsp3) is 0.200. The third-order valence-corrected chi connectivity index (χ3v) is 5.31. The summed E-state index contributed by atoms with van der Waals surface area (Å²) in [6.45, 7) is 0.668. The number of methoxy groups -OCH3 is 2. The molecule has 146 valence electrons. The molecule has 28 heavy (non-hydrogen) atoms. The minimum atomic E-state index is 0.523. The molecule has 8 heteroatoms. The van der Waals surface area contributed by atoms with Gasteiger partial charge in [-0.25, -0.2) is 9.97 Å². The number of hydrogen-bond donors (Lipinski definition) is 2. The molecule has 2 aromatic carbocycles. The third kappa shape index (κ3) is 4.99. The Morgan fingerprint density at radius 2 is 1.79 bits per heavy atom. The normalized spacial score (nSPS) is 10.5. The maximum atomic E-state index is 6.25. The molecule has 0 aliphatic heterocycles. The first kappa shape index (κ1) is 20.1. The molecule has 6 nitrogen and oxygen atoms in total. The van der Waals surface area contributed by atoms with E-state index in [4.69, 9.17) is 26.8 Å². The van der Waals surface area contributed by atoms with Crippen molar-refractivity contribution in [2.75, 3.05) is 31.8 Å². The fourth-order valence-corrected chi connectivity index (χ4v) is 3.51. The van der Waals surface area contributed by atoms with Crippen LogP contribution in [0, 0.1) is 0 Å². The van der Waals surface area contributed by atoms with Gasteiger partial charge in [-0.05, 0) is 48.4 Å². The van der Waals surface area contributed by atoms with E-state index in [1.165, 1.54) is 18.1 Å². The summed E-state index contributed by atoms with van der Waals surface area (Å²) in [5.41, 5.74) is 7.90. The van der Waals surface area contributed by atoms with Gasteiger partial charge in [0.05, 0.1) is 14.2 Å². The molecule has 0 aliphatic rings. The Labute approximate surface area is 173 Å². The van der Waals surface area contributed by atoms with Crippen LogP contribution < -0.4 is 20.5 Å². The van der Waals surface area contributed by atoms with Crippen LogP contribution in [0.1, 0.15) is 5.56 Å². The zero-order valence-electron chi connectivity index (χ0n) is 15.6. The predicted octanol–water partition coefficient (Wildman–Crippen LogP) is 4.54. The molecule has 1 heterocycles. The van der Waals surface area contributed by atoms with Gasteiger partial charge in [0.25, 0.3) is 0 Å². The highest BCUT2D eigenvalue weighted by Crippen LogP contribution is 2.33. The lowest BCUT2D eigenvalue weighted by Gasteiger charge is -2.12. The molecule has 0 fully saturated rings. The summed E-state index contributed by atoms with van der Waals surface area (Å²) in [5, 5.41) is 4.67. The Morgan fingerprint density at radius 1 is 1.04 bits per heavy atom. The van der Waals surface area contributed by atoms with Crippen LogP contribution in [0.4, 0.5) is 11.5 Å². The SMILES string of the molecule is COc1ccc(CCNc2ncnc(Sc3ccc(Cl)cc3)c2N)cc1OC. The maximum Gasteiger partial charge on any atom is 0.160 e. The largest absolute Gasteiger partial charge is 0.493 e. The molecule has 0 atom stereocenters. The van der Waals surface area contributed by atoms with Gasteiger partial charge in [0.2, 0.25) is 0 Å². The summed E-state index contributed by atoms with van der Waals surface area (Å²) >= 11 is 7.40. The topological polar surface area (TPSA) is 82.3 Å². The molecule has 1 aromatic heterocycles. The third-order valence-electron chi connectivity index (χ3n) is 4.03. The van der Waals surface area contributed by atoms with Crippen LogP contribution in [-0.2, 0) is 6.42 Å². The predicted molar refractivity (Wildman–Crippen MR) is 114 cm³/mol. The lowest BCUT2D eigenvalue weighted by atomic mass is 10.1. The van der Waals surface area contributed by atoms with Crippen LogP contribution >= 0.6 is 23.4 Å². The van der Waals surface area contributed by atoms with Crippen LogP contribution in [-0.4, -0.2) is 30.7 Å². The van der Waals surface area contributed by atoms with Crippen LogP contribution in [0.3, 0.4) is 0 Å². The van der Waals surface area contributed by atoms with E-state index in [0.29, 0.717) is 39.6 Å². The van der Waals surface area contributed by atoms with E-state index in [1.54, 1.807) is 14.2 Å². The van der Waals surface area contributed by atoms with Crippen LogP contribution in [0.15, 0.2) is 58.7 Å². The molecule has 0 saturated carbocycles. The number of ether oxygens (including phenoxy) is 2. The first-order valence-electron chi connectivity index (χ1n) is 8.59. The van der Waals surface area contributed by atoms with Crippen LogP contribution in [0.2, 0.25) is 5.02 Å². The second kappa shape index (κ2) is 9.52. The summed E-state index contributed by atoms with van der Waals surface area (Å²) in [7, 11) is 3.25. The molecule has 3 rings (SSSR count). The molecule has 0 saturated heterocycles. The number of halogens is 1. The van der Waals surface area contributed by atoms with Crippen LogP contribution in [0.25, 0.3) is 0 Å². The van der Waals surface area contributed by atoms with E-state index in [9.17, 15) is 0 Å². The Bertz CT molecular complexity index is 938. The molecule has 0 unspecified atom stereocenters. The zero-order chi connectivity index (χ0) is 19.9. The van der Waals surface area contributed by atoms with Crippen LogP contribution in [0.5, 0.6) is 11.5 Å². The average molecular weight is 417 g/mol. The first-order valence-corrected chi connectivity index (χ1v) is 9.79. The van der Waals surface area contributed by atoms with Crippen molar-refractivity contribution in [3.05, 3.63) is 59.4 Å². The molecule has 0 aliphatic carbocycles. The van der Waals surface area contributed by atoms with E-state index in [1.807, 2.05) is 42.5 Å². The number of nitrogen functional groups attached to an aromatic ring is 1. The summed E-state index contributed by atoms with van der Waals surface area (Å²) in [6.07, 6.45) is 2.29. The summed E-state index contributed by atoms with van der Waals surface area (Å²) in [4.78, 5) is 9.55. The van der Waals surface area contributed by atoms with Crippen molar-refractivity contribution in [1.82, 2.24) is 9.97 Å². The molecule has 0 amide bonds. The number of nitrogens with zero attached hydrogens (tertiary/aromatic N) is 2. The Hall–Kier alpha value is -2.64. The van der Waals surface area contributed by atoms with Gasteiger partial charge in [-0.2, -0.15) is 0 Å². The summed E-state index contributed by atoms with van der Waals surface area (Å²) in [6, 6.07) is 13.4. The molecule has 0 radical (unpaired) electrons. The minimum absolute atomic E-state index is 0.523. The molecule has 3 N–H and O–H groups in total. The number of rotatable bonds is 8. The van der Waals surface area contributed by atoms with E-state index in [0.717, 1.165) is 16.9 Å². The van der Waals surface area contributed by atoms with Crippen molar-refractivity contribution >= 4 is 34.9 Å². The van der Waals surface area contributed by atoms with Gasteiger partial charge in [0.1, 0.15) is 17.0 Å². The number of hydrogen-bond acceptors (Lipinski definition) is 7. The number of benzene rings is 2. The average Bonchev–Trinajstić information content (AvgIpc) is 2.72.